The van der Waals surface area contributed by atoms with Crippen molar-refractivity contribution >= 4 is 88.4 Å². The molecule has 11 nitrogen and oxygen atoms in total. The predicted molar refractivity (Wildman–Crippen MR) is 88.9 cm³/mol. The van der Waals surface area contributed by atoms with Gasteiger partial charge in [-0.1, -0.05) is 0 Å². The van der Waals surface area contributed by atoms with Gasteiger partial charge in [-0.25, -0.2) is 14.2 Å². The van der Waals surface area contributed by atoms with Crippen LogP contribution in [0.1, 0.15) is 12.6 Å². The number of carbonyl (C=O) groups is 1. The van der Waals surface area contributed by atoms with E-state index in [9.17, 15) is 24.1 Å². The average Bonchev–Trinajstić information content (AvgIpc) is 2.81. The number of nitrogens with one attached hydrogen (secondary N) is 1. The summed E-state index contributed by atoms with van der Waals surface area (Å²) in [6, 6.07) is 0. The molecule has 130 valence electrons. The molecule has 1 aliphatic heterocycles. The molecule has 0 saturated carbocycles. The first-order valence-electron chi connectivity index (χ1n) is 6.17. The predicted octanol–water partition coefficient (Wildman–Crippen LogP) is -0.934. The van der Waals surface area contributed by atoms with Gasteiger partial charge >= 0.3 is 19.0 Å². The molecule has 4 atom stereocenters. The van der Waals surface area contributed by atoms with Gasteiger partial charge in [0.05, 0.1) is 17.2 Å². The fourth-order valence-corrected chi connectivity index (χ4v) is 2.72. The zero-order valence-corrected chi connectivity index (χ0v) is 19.8. The number of ether oxygens (including phenoxy) is 1. The molecule has 2 heterocycles. The van der Waals surface area contributed by atoms with Crippen LogP contribution >= 0.6 is 23.5 Å². The number of nitrogens with zero attached hydrogens (tertiary/aromatic N) is 1. The van der Waals surface area contributed by atoms with E-state index >= 15 is 0 Å². The van der Waals surface area contributed by atoms with E-state index in [-0.39, 0.29) is 70.0 Å². The van der Waals surface area contributed by atoms with Crippen LogP contribution < -0.4 is 11.2 Å². The molecule has 0 bridgehead atoms. The number of aliphatic hydroxyl groups is 1. The van der Waals surface area contributed by atoms with Crippen molar-refractivity contribution in [2.24, 2.45) is 0 Å². The van der Waals surface area contributed by atoms with E-state index in [0.717, 1.165) is 4.57 Å². The first-order valence-corrected chi connectivity index (χ1v) is 8.54. The van der Waals surface area contributed by atoms with E-state index in [1.165, 1.54) is 6.20 Å². The second kappa shape index (κ2) is 10.3. The number of aromatic amines is 1. The fraction of sp³-hybridized carbons (Fsp3) is 0.500. The molecule has 15 heteroatoms. The molecule has 0 aliphatic carbocycles. The van der Waals surface area contributed by atoms with Crippen LogP contribution in [-0.2, 0) is 13.8 Å². The first kappa shape index (κ1) is 25.7. The normalized spacial score (nSPS) is 24.7. The molecule has 0 spiro atoms. The summed E-state index contributed by atoms with van der Waals surface area (Å²) in [5, 5.41) is 18.3. The van der Waals surface area contributed by atoms with Gasteiger partial charge in [0.15, 0.2) is 0 Å². The molecule has 1 unspecified atom stereocenters. The minimum atomic E-state index is -4.86. The Bertz CT molecular complexity index is 784. The van der Waals surface area contributed by atoms with Crippen molar-refractivity contribution in [3.05, 3.63) is 31.5 Å². The molecule has 4 N–H and O–H groups in total. The van der Waals surface area contributed by atoms with Gasteiger partial charge in [-0.2, -0.15) is 0 Å². The van der Waals surface area contributed by atoms with Crippen LogP contribution in [0.3, 0.4) is 0 Å². The Morgan fingerprint density at radius 1 is 1.48 bits per heavy atom. The maximum absolute atomic E-state index is 11.7. The quantitative estimate of drug-likeness (QED) is 0.320. The zero-order chi connectivity index (χ0) is 17.4. The standard InChI is InChI=1S/C10H12BrN2O9P.2Na/c11-4-2-13(9(16)12-8(4)15)7-1-5(14)6(22-7)3-21-23(19,20)10(17)18;;/h2,5-7,14H,1,3H2,(H,17,18)(H,19,20)(H,12,15,16);;/t5-,6+,7+;;/m0../s1. The third kappa shape index (κ3) is 6.37. The molecule has 25 heavy (non-hydrogen) atoms. The molecular formula is C10H12BrN2Na2O9P. The second-order valence-corrected chi connectivity index (χ2v) is 7.21. The van der Waals surface area contributed by atoms with Gasteiger partial charge in [0, 0.05) is 71.7 Å². The van der Waals surface area contributed by atoms with Gasteiger partial charge < -0.3 is 19.8 Å². The number of hydrogen-bond acceptors (Lipinski definition) is 7. The topological polar surface area (TPSA) is 168 Å². The van der Waals surface area contributed by atoms with E-state index in [2.05, 4.69) is 20.5 Å². The Hall–Kier alpha value is 0.700. The Kier molecular flexibility index (Phi) is 10.6. The van der Waals surface area contributed by atoms with Gasteiger partial charge in [-0.15, -0.1) is 0 Å². The van der Waals surface area contributed by atoms with Crippen LogP contribution in [0, 0.1) is 0 Å². The van der Waals surface area contributed by atoms with Gasteiger partial charge in [0.25, 0.3) is 5.56 Å². The molecule has 1 fully saturated rings. The van der Waals surface area contributed by atoms with Gasteiger partial charge in [0.2, 0.25) is 0 Å². The van der Waals surface area contributed by atoms with Gasteiger partial charge in [-0.05, 0) is 15.9 Å². The number of rotatable bonds is 5. The van der Waals surface area contributed by atoms with Gasteiger partial charge in [0.1, 0.15) is 12.3 Å². The molecule has 1 saturated heterocycles. The van der Waals surface area contributed by atoms with Crippen LogP contribution in [0.5, 0.6) is 0 Å². The maximum atomic E-state index is 11.7. The van der Waals surface area contributed by atoms with Crippen molar-refractivity contribution in [3.63, 3.8) is 0 Å². The van der Waals surface area contributed by atoms with E-state index < -0.39 is 49.6 Å². The number of aromatic nitrogens is 2. The van der Waals surface area contributed by atoms with Crippen LogP contribution in [0.25, 0.3) is 0 Å². The van der Waals surface area contributed by atoms with Crippen molar-refractivity contribution < 1.29 is 33.7 Å². The van der Waals surface area contributed by atoms with Crippen molar-refractivity contribution in [1.29, 1.82) is 0 Å². The molecule has 2 radical (unpaired) electrons. The molecule has 1 aromatic heterocycles. The number of carboxylic acid groups (broad SMARTS) is 1. The molecule has 2 rings (SSSR count). The summed E-state index contributed by atoms with van der Waals surface area (Å²) in [7, 11) is -4.86. The summed E-state index contributed by atoms with van der Waals surface area (Å²) in [4.78, 5) is 44.5. The summed E-state index contributed by atoms with van der Waals surface area (Å²) in [5.74, 6) is 0. The van der Waals surface area contributed by atoms with E-state index in [4.69, 9.17) is 14.7 Å². The largest absolute Gasteiger partial charge is 0.472 e. The van der Waals surface area contributed by atoms with E-state index in [1.807, 2.05) is 4.98 Å². The Labute approximate surface area is 193 Å². The van der Waals surface area contributed by atoms with Crippen molar-refractivity contribution in [1.82, 2.24) is 9.55 Å². The Morgan fingerprint density at radius 2 is 2.08 bits per heavy atom. The van der Waals surface area contributed by atoms with Crippen LogP contribution in [-0.4, -0.2) is 108 Å². The minimum absolute atomic E-state index is 0. The summed E-state index contributed by atoms with van der Waals surface area (Å²) in [6.07, 6.45) is -2.11. The van der Waals surface area contributed by atoms with E-state index in [1.54, 1.807) is 0 Å². The molecule has 0 aromatic carbocycles. The minimum Gasteiger partial charge on any atom is -0.472 e. The zero-order valence-electron chi connectivity index (χ0n) is 13.3. The maximum Gasteiger partial charge on any atom is 0.435 e. The fourth-order valence-electron chi connectivity index (χ4n) is 1.94. The Morgan fingerprint density at radius 3 is 2.64 bits per heavy atom. The smallest absolute Gasteiger partial charge is 0.435 e. The second-order valence-electron chi connectivity index (χ2n) is 4.67. The van der Waals surface area contributed by atoms with Crippen molar-refractivity contribution in [2.75, 3.05) is 6.61 Å². The molecular weight excluding hydrogens is 449 g/mol. The van der Waals surface area contributed by atoms with Crippen LogP contribution in [0.2, 0.25) is 0 Å². The van der Waals surface area contributed by atoms with Crippen molar-refractivity contribution in [2.45, 2.75) is 24.9 Å². The Balaban J connectivity index is 0.00000288. The van der Waals surface area contributed by atoms with Gasteiger partial charge in [-0.3, -0.25) is 18.9 Å². The summed E-state index contributed by atoms with van der Waals surface area (Å²) in [5.41, 5.74) is -3.43. The van der Waals surface area contributed by atoms with Crippen LogP contribution in [0.15, 0.2) is 20.3 Å². The average molecular weight is 461 g/mol. The number of H-pyrrole nitrogens is 1. The number of halogens is 1. The molecule has 1 aliphatic rings. The summed E-state index contributed by atoms with van der Waals surface area (Å²) < 4.78 is 22.0. The number of hydrogen-bond donors (Lipinski definition) is 4. The third-order valence-electron chi connectivity index (χ3n) is 3.09. The van der Waals surface area contributed by atoms with Crippen LogP contribution in [0.4, 0.5) is 4.79 Å². The first-order chi connectivity index (χ1) is 10.6. The van der Waals surface area contributed by atoms with Crippen molar-refractivity contribution in [3.8, 4) is 0 Å². The monoisotopic (exact) mass is 460 g/mol. The summed E-state index contributed by atoms with van der Waals surface area (Å²) >= 11 is 2.95. The summed E-state index contributed by atoms with van der Waals surface area (Å²) in [6.45, 7) is -0.656. The SMILES string of the molecule is O=C(O)P(=O)(O)OC[C@H]1O[C@@H](n2cc(Br)c(=O)[nH]c2=O)C[C@@H]1O.[Na].[Na]. The third-order valence-corrected chi connectivity index (χ3v) is 4.64. The molecule has 0 amide bonds. The molecule has 1 aromatic rings. The number of aliphatic hydroxyl groups excluding tert-OH is 1. The van der Waals surface area contributed by atoms with E-state index in [0.29, 0.717) is 0 Å².